The van der Waals surface area contributed by atoms with Gasteiger partial charge in [0.05, 0.1) is 16.5 Å². The Balaban J connectivity index is 0.000000183. The van der Waals surface area contributed by atoms with Crippen LogP contribution in [0.15, 0.2) is 126 Å². The van der Waals surface area contributed by atoms with Crippen molar-refractivity contribution in [1.82, 2.24) is 29.4 Å². The molecule has 0 aliphatic rings. The Morgan fingerprint density at radius 1 is 0.750 bits per heavy atom. The maximum atomic E-state index is 13.0. The number of rotatable bonds is 10. The van der Waals surface area contributed by atoms with Crippen LogP contribution in [0.5, 0.6) is 5.75 Å². The predicted molar refractivity (Wildman–Crippen MR) is 190 cm³/mol. The van der Waals surface area contributed by atoms with E-state index >= 15 is 0 Å². The van der Waals surface area contributed by atoms with Crippen molar-refractivity contribution in [3.05, 3.63) is 165 Å². The molecule has 0 unspecified atom stereocenters. The van der Waals surface area contributed by atoms with E-state index in [0.29, 0.717) is 23.3 Å². The second-order valence-corrected chi connectivity index (χ2v) is 11.0. The highest BCUT2D eigenvalue weighted by Crippen LogP contribution is 2.24. The van der Waals surface area contributed by atoms with Crippen LogP contribution in [0.1, 0.15) is 32.6 Å². The normalized spacial score (nSPS) is 10.5. The lowest BCUT2D eigenvalue weighted by Gasteiger charge is -2.15. The summed E-state index contributed by atoms with van der Waals surface area (Å²) in [5.74, 6) is -1.62. The van der Waals surface area contributed by atoms with Crippen molar-refractivity contribution >= 4 is 33.7 Å². The number of carbonyl (C=O) groups is 1. The van der Waals surface area contributed by atoms with Crippen LogP contribution in [0.25, 0.3) is 22.1 Å². The zero-order valence-corrected chi connectivity index (χ0v) is 27.3. The molecule has 0 saturated carbocycles. The van der Waals surface area contributed by atoms with E-state index in [9.17, 15) is 24.8 Å². The molecule has 15 heteroatoms. The van der Waals surface area contributed by atoms with Gasteiger partial charge >= 0.3 is 11.1 Å². The Hall–Kier alpha value is -7.60. The largest absolute Gasteiger partial charge is 0.506 e. The number of benzene rings is 3. The zero-order valence-electron chi connectivity index (χ0n) is 27.3. The summed E-state index contributed by atoms with van der Waals surface area (Å²) in [7, 11) is 0. The summed E-state index contributed by atoms with van der Waals surface area (Å²) in [6, 6.07) is 30.3. The zero-order chi connectivity index (χ0) is 36.5. The number of nitriles is 1. The molecule has 4 aromatic heterocycles. The van der Waals surface area contributed by atoms with E-state index in [1.807, 2.05) is 97.1 Å². The van der Waals surface area contributed by atoms with Crippen LogP contribution in [0.2, 0.25) is 0 Å². The molecule has 4 heterocycles. The standard InChI is InChI=1S/C22H17N5O2.C15H12N4O4/c23-11-18-20(25-12-16-7-3-1-4-8-16)19-13-24-15-26-21(19)27(22(18)28)29-14-17-9-5-2-6-10-17;16-13(21)11-12(20)10-6-17-8-18-14(10)19(15(11)22)23-7-9-4-2-1-3-5-9/h1-10,13,15,25H,12,14H2;1-6,8,20H,7H2,(H2,16,21). The Kier molecular flexibility index (Phi) is 10.4. The van der Waals surface area contributed by atoms with Crippen LogP contribution in [0, 0.1) is 11.3 Å². The molecule has 3 aromatic carbocycles. The number of nitrogens with zero attached hydrogens (tertiary/aromatic N) is 7. The van der Waals surface area contributed by atoms with Crippen LogP contribution < -0.4 is 31.8 Å². The molecule has 0 fully saturated rings. The lowest BCUT2D eigenvalue weighted by Crippen LogP contribution is -2.34. The summed E-state index contributed by atoms with van der Waals surface area (Å²) >= 11 is 0. The fraction of sp³-hybridized carbons (Fsp3) is 0.0811. The fourth-order valence-corrected chi connectivity index (χ4v) is 5.15. The van der Waals surface area contributed by atoms with E-state index < -0.39 is 28.3 Å². The Bertz CT molecular complexity index is 2520. The summed E-state index contributed by atoms with van der Waals surface area (Å²) in [5, 5.41) is 23.5. The molecule has 1 amide bonds. The molecule has 7 rings (SSSR count). The van der Waals surface area contributed by atoms with Crippen molar-refractivity contribution in [2.24, 2.45) is 5.73 Å². The van der Waals surface area contributed by atoms with Crippen LogP contribution in [-0.4, -0.2) is 40.4 Å². The maximum absolute atomic E-state index is 13.0. The molecule has 258 valence electrons. The first-order valence-electron chi connectivity index (χ1n) is 15.7. The average molecular weight is 696 g/mol. The maximum Gasteiger partial charge on any atom is 0.305 e. The minimum absolute atomic E-state index is 0.0448. The third kappa shape index (κ3) is 7.36. The fourth-order valence-electron chi connectivity index (χ4n) is 5.15. The van der Waals surface area contributed by atoms with Gasteiger partial charge in [-0.2, -0.15) is 5.26 Å². The van der Waals surface area contributed by atoms with E-state index in [2.05, 4.69) is 25.3 Å². The van der Waals surface area contributed by atoms with E-state index in [0.717, 1.165) is 26.2 Å². The molecular formula is C37H29N9O6. The Morgan fingerprint density at radius 2 is 1.23 bits per heavy atom. The van der Waals surface area contributed by atoms with Gasteiger partial charge in [0.2, 0.25) is 0 Å². The molecule has 0 saturated heterocycles. The number of aromatic nitrogens is 6. The van der Waals surface area contributed by atoms with E-state index in [-0.39, 0.29) is 29.8 Å². The monoisotopic (exact) mass is 695 g/mol. The number of hydrogen-bond donors (Lipinski definition) is 3. The van der Waals surface area contributed by atoms with Gasteiger partial charge < -0.3 is 25.8 Å². The molecule has 0 aliphatic heterocycles. The quantitative estimate of drug-likeness (QED) is 0.188. The van der Waals surface area contributed by atoms with Crippen molar-refractivity contribution < 1.29 is 19.6 Å². The van der Waals surface area contributed by atoms with E-state index in [1.165, 1.54) is 18.9 Å². The van der Waals surface area contributed by atoms with Gasteiger partial charge in [0.25, 0.3) is 5.91 Å². The number of nitrogens with two attached hydrogens (primary N) is 1. The van der Waals surface area contributed by atoms with Crippen LogP contribution in [0.3, 0.4) is 0 Å². The van der Waals surface area contributed by atoms with Gasteiger partial charge in [-0.05, 0) is 16.7 Å². The first-order valence-corrected chi connectivity index (χ1v) is 15.7. The van der Waals surface area contributed by atoms with Crippen LogP contribution in [0.4, 0.5) is 5.69 Å². The summed E-state index contributed by atoms with van der Waals surface area (Å²) in [4.78, 5) is 64.0. The van der Waals surface area contributed by atoms with Gasteiger partial charge in [0.1, 0.15) is 48.8 Å². The summed E-state index contributed by atoms with van der Waals surface area (Å²) in [6.07, 6.45) is 5.38. The summed E-state index contributed by atoms with van der Waals surface area (Å²) < 4.78 is 1.90. The Labute approximate surface area is 294 Å². The van der Waals surface area contributed by atoms with E-state index in [1.54, 1.807) is 6.20 Å². The van der Waals surface area contributed by atoms with Crippen LogP contribution in [-0.2, 0) is 19.8 Å². The molecule has 0 spiro atoms. The molecular weight excluding hydrogens is 666 g/mol. The highest BCUT2D eigenvalue weighted by atomic mass is 16.7. The number of pyridine rings is 2. The lowest BCUT2D eigenvalue weighted by atomic mass is 10.1. The molecule has 15 nitrogen and oxygen atoms in total. The van der Waals surface area contributed by atoms with Crippen molar-refractivity contribution in [1.29, 1.82) is 5.26 Å². The predicted octanol–water partition coefficient (Wildman–Crippen LogP) is 3.13. The topological polar surface area (TPSA) is 213 Å². The number of nitrogens with one attached hydrogen (secondary N) is 1. The second kappa shape index (κ2) is 15.7. The third-order valence-electron chi connectivity index (χ3n) is 7.65. The number of anilines is 1. The number of primary amides is 1. The average Bonchev–Trinajstić information content (AvgIpc) is 3.18. The number of hydrogen-bond acceptors (Lipinski definition) is 12. The molecule has 0 aliphatic carbocycles. The molecule has 7 aromatic rings. The van der Waals surface area contributed by atoms with E-state index in [4.69, 9.17) is 15.4 Å². The molecule has 52 heavy (non-hydrogen) atoms. The molecule has 4 N–H and O–H groups in total. The summed E-state index contributed by atoms with van der Waals surface area (Å²) in [5.41, 5.74) is 6.59. The summed E-state index contributed by atoms with van der Waals surface area (Å²) in [6.45, 7) is 0.693. The molecule has 0 radical (unpaired) electrons. The number of fused-ring (bicyclic) bond motifs is 2. The van der Waals surface area contributed by atoms with Gasteiger partial charge in [0, 0.05) is 18.9 Å². The van der Waals surface area contributed by atoms with Gasteiger partial charge in [-0.15, -0.1) is 9.46 Å². The first-order chi connectivity index (χ1) is 25.4. The Morgan fingerprint density at radius 3 is 1.75 bits per heavy atom. The highest BCUT2D eigenvalue weighted by molar-refractivity contribution is 6.00. The van der Waals surface area contributed by atoms with Crippen molar-refractivity contribution in [2.75, 3.05) is 5.32 Å². The van der Waals surface area contributed by atoms with Crippen LogP contribution >= 0.6 is 0 Å². The van der Waals surface area contributed by atoms with Gasteiger partial charge in [-0.3, -0.25) is 14.4 Å². The molecule has 0 bridgehead atoms. The van der Waals surface area contributed by atoms with Crippen molar-refractivity contribution in [3.8, 4) is 11.8 Å². The minimum Gasteiger partial charge on any atom is -0.506 e. The number of amides is 1. The van der Waals surface area contributed by atoms with Gasteiger partial charge in [0.15, 0.2) is 11.3 Å². The van der Waals surface area contributed by atoms with Crippen molar-refractivity contribution in [2.45, 2.75) is 19.8 Å². The smallest absolute Gasteiger partial charge is 0.305 e. The second-order valence-electron chi connectivity index (χ2n) is 11.0. The highest BCUT2D eigenvalue weighted by Gasteiger charge is 2.22. The lowest BCUT2D eigenvalue weighted by molar-refractivity contribution is 0.0918. The van der Waals surface area contributed by atoms with Crippen molar-refractivity contribution in [3.63, 3.8) is 0 Å². The number of aromatic hydroxyl groups is 1. The van der Waals surface area contributed by atoms with Gasteiger partial charge in [-0.25, -0.2) is 19.9 Å². The third-order valence-corrected chi connectivity index (χ3v) is 7.65. The SMILES string of the molecule is N#Cc1c(NCc2ccccc2)c2cncnc2n(OCc2ccccc2)c1=O.NC(=O)c1c(O)c2cncnc2n(OCc2ccccc2)c1=O. The first kappa shape index (κ1) is 34.3. The molecule has 0 atom stereocenters. The minimum atomic E-state index is -1.06. The number of carbonyl (C=O) groups excluding carboxylic acids is 1. The van der Waals surface area contributed by atoms with Gasteiger partial charge in [-0.1, -0.05) is 91.0 Å².